The lowest BCUT2D eigenvalue weighted by atomic mass is 10.1. The zero-order valence-electron chi connectivity index (χ0n) is 18.9. The molecule has 0 radical (unpaired) electrons. The van der Waals surface area contributed by atoms with Gasteiger partial charge in [0.2, 0.25) is 0 Å². The van der Waals surface area contributed by atoms with Crippen molar-refractivity contribution < 1.29 is 28.7 Å². The number of rotatable bonds is 7. The number of imide groups is 1. The maximum Gasteiger partial charge on any atom is 0.408 e. The summed E-state index contributed by atoms with van der Waals surface area (Å²) in [6, 6.07) is 11.6. The largest absolute Gasteiger partial charge is 0.491 e. The van der Waals surface area contributed by atoms with Crippen molar-refractivity contribution in [3.05, 3.63) is 64.7 Å². The van der Waals surface area contributed by atoms with E-state index in [-0.39, 0.29) is 24.3 Å². The van der Waals surface area contributed by atoms with Crippen LogP contribution in [-0.4, -0.2) is 47.8 Å². The van der Waals surface area contributed by atoms with E-state index in [9.17, 15) is 14.4 Å². The second-order valence-electron chi connectivity index (χ2n) is 8.67. The summed E-state index contributed by atoms with van der Waals surface area (Å²) in [4.78, 5) is 42.9. The summed E-state index contributed by atoms with van der Waals surface area (Å²) in [7, 11) is 0. The van der Waals surface area contributed by atoms with Crippen LogP contribution < -0.4 is 10.1 Å². The van der Waals surface area contributed by atoms with Gasteiger partial charge in [-0.1, -0.05) is 29.8 Å². The average Bonchev–Trinajstić information content (AvgIpc) is 2.94. The molecule has 0 saturated heterocycles. The second kappa shape index (κ2) is 9.40. The molecule has 32 heavy (non-hydrogen) atoms. The van der Waals surface area contributed by atoms with Crippen molar-refractivity contribution in [3.8, 4) is 5.75 Å². The molecule has 170 valence electrons. The van der Waals surface area contributed by atoms with Crippen LogP contribution in [0.15, 0.2) is 42.5 Å². The Morgan fingerprint density at radius 3 is 2.19 bits per heavy atom. The molecule has 1 aliphatic heterocycles. The number of alkyl carbamates (subject to hydrolysis) is 1. The maximum atomic E-state index is 12.5. The number of nitrogens with one attached hydrogen (secondary N) is 1. The third kappa shape index (κ3) is 5.64. The number of carbonyl (C=O) groups excluding carboxylic acids is 3. The Kier molecular flexibility index (Phi) is 6.84. The van der Waals surface area contributed by atoms with Crippen molar-refractivity contribution >= 4 is 17.9 Å². The van der Waals surface area contributed by atoms with Gasteiger partial charge in [0.25, 0.3) is 11.8 Å². The van der Waals surface area contributed by atoms with Crippen LogP contribution in [0, 0.1) is 13.8 Å². The Balaban J connectivity index is 1.68. The Morgan fingerprint density at radius 2 is 1.62 bits per heavy atom. The molecule has 2 aromatic rings. The average molecular weight is 440 g/mol. The normalized spacial score (nSPS) is 14.2. The van der Waals surface area contributed by atoms with E-state index in [1.807, 2.05) is 32.0 Å². The smallest absolute Gasteiger partial charge is 0.408 e. The Labute approximate surface area is 187 Å². The van der Waals surface area contributed by atoms with E-state index in [2.05, 4.69) is 5.32 Å². The highest BCUT2D eigenvalue weighted by atomic mass is 16.7. The zero-order valence-corrected chi connectivity index (χ0v) is 18.9. The molecule has 8 heteroatoms. The number of aryl methyl sites for hydroxylation is 2. The number of amides is 3. The van der Waals surface area contributed by atoms with Gasteiger partial charge in [-0.25, -0.2) is 4.79 Å². The van der Waals surface area contributed by atoms with Crippen LogP contribution in [0.5, 0.6) is 5.75 Å². The number of hydrogen-bond acceptors (Lipinski definition) is 6. The zero-order chi connectivity index (χ0) is 23.5. The van der Waals surface area contributed by atoms with Crippen molar-refractivity contribution in [3.63, 3.8) is 0 Å². The standard InChI is InChI=1S/C24H28N2O6/c1-15-10-11-20(16(2)12-15)30-13-17(25-23(29)32-24(3,4)5)14-31-26-21(27)18-8-6-7-9-19(18)22(26)28/h6-12,17H,13-14H2,1-5H3,(H,25,29). The Morgan fingerprint density at radius 1 is 1.00 bits per heavy atom. The fourth-order valence-electron chi connectivity index (χ4n) is 3.21. The van der Waals surface area contributed by atoms with Crippen molar-refractivity contribution in [2.24, 2.45) is 0 Å². The van der Waals surface area contributed by atoms with E-state index in [1.165, 1.54) is 0 Å². The molecular formula is C24H28N2O6. The van der Waals surface area contributed by atoms with Crippen LogP contribution in [-0.2, 0) is 9.57 Å². The van der Waals surface area contributed by atoms with Gasteiger partial charge >= 0.3 is 6.09 Å². The van der Waals surface area contributed by atoms with E-state index < -0.39 is 29.6 Å². The first kappa shape index (κ1) is 23.3. The molecule has 0 aromatic heterocycles. The number of fused-ring (bicyclic) bond motifs is 1. The molecule has 0 spiro atoms. The molecule has 1 N–H and O–H groups in total. The Hall–Kier alpha value is -3.39. The molecular weight excluding hydrogens is 412 g/mol. The number of hydroxylamine groups is 2. The minimum Gasteiger partial charge on any atom is -0.491 e. The lowest BCUT2D eigenvalue weighted by molar-refractivity contribution is -0.0999. The fraction of sp³-hybridized carbons (Fsp3) is 0.375. The predicted molar refractivity (Wildman–Crippen MR) is 117 cm³/mol. The number of hydrogen-bond donors (Lipinski definition) is 1. The maximum absolute atomic E-state index is 12.5. The van der Waals surface area contributed by atoms with Crippen molar-refractivity contribution in [1.82, 2.24) is 10.4 Å². The van der Waals surface area contributed by atoms with Crippen LogP contribution in [0.25, 0.3) is 0 Å². The number of benzene rings is 2. The first-order valence-corrected chi connectivity index (χ1v) is 10.4. The topological polar surface area (TPSA) is 94.2 Å². The third-order valence-electron chi connectivity index (χ3n) is 4.65. The molecule has 1 atom stereocenters. The van der Waals surface area contributed by atoms with Crippen LogP contribution >= 0.6 is 0 Å². The summed E-state index contributed by atoms with van der Waals surface area (Å²) in [6.07, 6.45) is -0.655. The lowest BCUT2D eigenvalue weighted by Crippen LogP contribution is -2.46. The molecule has 2 aromatic carbocycles. The van der Waals surface area contributed by atoms with E-state index in [1.54, 1.807) is 45.0 Å². The van der Waals surface area contributed by atoms with Gasteiger partial charge in [-0.2, -0.15) is 0 Å². The van der Waals surface area contributed by atoms with Gasteiger partial charge in [0.05, 0.1) is 23.8 Å². The van der Waals surface area contributed by atoms with Gasteiger partial charge in [0.1, 0.15) is 18.0 Å². The summed E-state index contributed by atoms with van der Waals surface area (Å²) >= 11 is 0. The lowest BCUT2D eigenvalue weighted by Gasteiger charge is -2.25. The number of nitrogens with zero attached hydrogens (tertiary/aromatic N) is 1. The molecule has 3 amide bonds. The SMILES string of the molecule is Cc1ccc(OCC(CON2C(=O)c3ccccc3C2=O)NC(=O)OC(C)(C)C)c(C)c1. The molecule has 1 heterocycles. The molecule has 0 saturated carbocycles. The Bertz CT molecular complexity index is 992. The molecule has 3 rings (SSSR count). The number of carbonyl (C=O) groups is 3. The molecule has 1 aliphatic rings. The predicted octanol–water partition coefficient (Wildman–Crippen LogP) is 3.80. The van der Waals surface area contributed by atoms with Gasteiger partial charge in [-0.05, 0) is 58.4 Å². The summed E-state index contributed by atoms with van der Waals surface area (Å²) in [5, 5.41) is 3.40. The van der Waals surface area contributed by atoms with Gasteiger partial charge in [0, 0.05) is 0 Å². The minimum atomic E-state index is -0.688. The second-order valence-corrected chi connectivity index (χ2v) is 8.67. The monoisotopic (exact) mass is 440 g/mol. The first-order chi connectivity index (χ1) is 15.0. The fourth-order valence-corrected chi connectivity index (χ4v) is 3.21. The first-order valence-electron chi connectivity index (χ1n) is 10.4. The van der Waals surface area contributed by atoms with E-state index >= 15 is 0 Å². The van der Waals surface area contributed by atoms with Gasteiger partial charge in [-0.15, -0.1) is 5.06 Å². The molecule has 1 unspecified atom stereocenters. The highest BCUT2D eigenvalue weighted by Gasteiger charge is 2.37. The third-order valence-corrected chi connectivity index (χ3v) is 4.65. The van der Waals surface area contributed by atoms with Gasteiger partial charge in [-0.3, -0.25) is 14.4 Å². The van der Waals surface area contributed by atoms with Crippen molar-refractivity contribution in [1.29, 1.82) is 0 Å². The van der Waals surface area contributed by atoms with Crippen molar-refractivity contribution in [2.75, 3.05) is 13.2 Å². The highest BCUT2D eigenvalue weighted by Crippen LogP contribution is 2.23. The summed E-state index contributed by atoms with van der Waals surface area (Å²) in [5.74, 6) is -0.429. The number of ether oxygens (including phenoxy) is 2. The van der Waals surface area contributed by atoms with Crippen molar-refractivity contribution in [2.45, 2.75) is 46.3 Å². The minimum absolute atomic E-state index is 0.0479. The van der Waals surface area contributed by atoms with Crippen LogP contribution in [0.1, 0.15) is 52.6 Å². The van der Waals surface area contributed by atoms with Gasteiger partial charge < -0.3 is 14.8 Å². The van der Waals surface area contributed by atoms with Crippen LogP contribution in [0.3, 0.4) is 0 Å². The van der Waals surface area contributed by atoms with E-state index in [0.29, 0.717) is 10.8 Å². The van der Waals surface area contributed by atoms with E-state index in [4.69, 9.17) is 14.3 Å². The summed E-state index contributed by atoms with van der Waals surface area (Å²) < 4.78 is 11.2. The highest BCUT2D eigenvalue weighted by molar-refractivity contribution is 6.20. The van der Waals surface area contributed by atoms with Crippen LogP contribution in [0.2, 0.25) is 0 Å². The quantitative estimate of drug-likeness (QED) is 0.658. The van der Waals surface area contributed by atoms with Crippen LogP contribution in [0.4, 0.5) is 4.79 Å². The molecule has 8 nitrogen and oxygen atoms in total. The summed E-state index contributed by atoms with van der Waals surface area (Å²) in [5.41, 5.74) is 1.92. The van der Waals surface area contributed by atoms with Gasteiger partial charge in [0.15, 0.2) is 0 Å². The molecule has 0 aliphatic carbocycles. The molecule has 0 fully saturated rings. The van der Waals surface area contributed by atoms with E-state index in [0.717, 1.165) is 11.1 Å². The molecule has 0 bridgehead atoms. The summed E-state index contributed by atoms with van der Waals surface area (Å²) in [6.45, 7) is 9.05.